The van der Waals surface area contributed by atoms with E-state index in [0.29, 0.717) is 0 Å². The minimum atomic E-state index is -4.90. The van der Waals surface area contributed by atoms with Crippen molar-refractivity contribution in [3.63, 3.8) is 0 Å². The lowest BCUT2D eigenvalue weighted by Gasteiger charge is -2.32. The van der Waals surface area contributed by atoms with Crippen LogP contribution in [0.25, 0.3) is 11.0 Å². The van der Waals surface area contributed by atoms with Gasteiger partial charge in [0.1, 0.15) is 23.1 Å². The van der Waals surface area contributed by atoms with Crippen LogP contribution in [0.5, 0.6) is 5.75 Å². The van der Waals surface area contributed by atoms with Crippen molar-refractivity contribution in [2.75, 3.05) is 11.8 Å². The van der Waals surface area contributed by atoms with Crippen molar-refractivity contribution in [1.82, 2.24) is 15.0 Å². The lowest BCUT2D eigenvalue weighted by atomic mass is 9.77. The number of alkyl halides is 3. The maximum absolute atomic E-state index is 14.6. The van der Waals surface area contributed by atoms with Gasteiger partial charge in [-0.05, 0) is 19.1 Å². The molecule has 0 aliphatic carbocycles. The van der Waals surface area contributed by atoms with Crippen LogP contribution in [0.15, 0.2) is 18.2 Å². The highest BCUT2D eigenvalue weighted by atomic mass is 32.2. The van der Waals surface area contributed by atoms with Crippen LogP contribution < -0.4 is 20.3 Å². The Bertz CT molecular complexity index is 1550. The molecule has 6 N–H and O–H groups in total. The highest BCUT2D eigenvalue weighted by Gasteiger charge is 2.65. The number of pyridine rings is 1. The maximum atomic E-state index is 14.6. The number of carbonyl (C=O) groups is 1. The molecule has 3 aromatic rings. The van der Waals surface area contributed by atoms with E-state index in [1.165, 1.54) is 6.92 Å². The van der Waals surface area contributed by atoms with Crippen molar-refractivity contribution >= 4 is 33.0 Å². The molecule has 1 aromatic carbocycles. The van der Waals surface area contributed by atoms with Crippen LogP contribution in [0.3, 0.4) is 0 Å². The molecular weight excluding hydrogens is 543 g/mol. The van der Waals surface area contributed by atoms with Gasteiger partial charge in [0.15, 0.2) is 23.0 Å². The van der Waals surface area contributed by atoms with E-state index in [1.807, 2.05) is 4.72 Å². The molecule has 1 saturated heterocycles. The summed E-state index contributed by atoms with van der Waals surface area (Å²) < 4.78 is 107. The zero-order chi connectivity index (χ0) is 28.4. The standard InChI is InChI=1S/C21H21F5N6O5S/c1-7-12(8-4-5-9(22)13(23)15(8)36-3)16(37-20(7,2)21(24,25)26)19-29-10-6-11(17(27)33)30-18(14(10)31-19)32-38(28,34)35/h4-7,12,16H,1-3H3,(H2,27,33)(H,29,31)(H,30,32)(H2,28,34,35)/t7-,12-,16?,20+/m0/s1. The molecule has 3 heterocycles. The number of nitrogens with one attached hydrogen (secondary N) is 2. The van der Waals surface area contributed by atoms with Crippen molar-refractivity contribution in [1.29, 1.82) is 0 Å². The number of aromatic amines is 1. The number of carbonyl (C=O) groups excluding carboxylic acids is 1. The Hall–Kier alpha value is -3.57. The molecule has 1 aliphatic rings. The van der Waals surface area contributed by atoms with Crippen LogP contribution in [-0.4, -0.2) is 48.2 Å². The highest BCUT2D eigenvalue weighted by Crippen LogP contribution is 2.59. The Labute approximate surface area is 211 Å². The Morgan fingerprint density at radius 2 is 1.92 bits per heavy atom. The number of aromatic nitrogens is 3. The molecule has 0 bridgehead atoms. The number of H-pyrrole nitrogens is 1. The largest absolute Gasteiger partial charge is 0.493 e. The predicted molar refractivity (Wildman–Crippen MR) is 122 cm³/mol. The Kier molecular flexibility index (Phi) is 6.52. The molecule has 1 amide bonds. The first kappa shape index (κ1) is 27.5. The summed E-state index contributed by atoms with van der Waals surface area (Å²) >= 11 is 0. The molecule has 11 nitrogen and oxygen atoms in total. The fraction of sp³-hybridized carbons (Fsp3) is 0.381. The molecule has 0 spiro atoms. The van der Waals surface area contributed by atoms with Crippen molar-refractivity contribution in [2.24, 2.45) is 16.8 Å². The number of amides is 1. The summed E-state index contributed by atoms with van der Waals surface area (Å²) in [5, 5.41) is 5.01. The van der Waals surface area contributed by atoms with E-state index in [0.717, 1.165) is 32.2 Å². The summed E-state index contributed by atoms with van der Waals surface area (Å²) in [6, 6.07) is 2.92. The molecule has 17 heteroatoms. The molecule has 206 valence electrons. The second-order valence-electron chi connectivity index (χ2n) is 8.83. The first-order valence-electron chi connectivity index (χ1n) is 10.8. The molecule has 4 rings (SSSR count). The summed E-state index contributed by atoms with van der Waals surface area (Å²) in [5.41, 5.74) is 1.64. The van der Waals surface area contributed by atoms with Gasteiger partial charge in [0.05, 0.1) is 12.6 Å². The first-order chi connectivity index (χ1) is 17.5. The Morgan fingerprint density at radius 3 is 2.47 bits per heavy atom. The van der Waals surface area contributed by atoms with Gasteiger partial charge < -0.3 is 20.2 Å². The van der Waals surface area contributed by atoms with E-state index in [1.54, 1.807) is 0 Å². The van der Waals surface area contributed by atoms with Crippen LogP contribution in [0, 0.1) is 17.6 Å². The number of primary amides is 1. The van der Waals surface area contributed by atoms with Crippen LogP contribution >= 0.6 is 0 Å². The molecule has 2 aromatic heterocycles. The van der Waals surface area contributed by atoms with Crippen LogP contribution in [0.4, 0.5) is 27.8 Å². The molecule has 1 fully saturated rings. The number of nitrogens with zero attached hydrogens (tertiary/aromatic N) is 2. The molecule has 38 heavy (non-hydrogen) atoms. The minimum absolute atomic E-state index is 0.0529. The van der Waals surface area contributed by atoms with Crippen molar-refractivity contribution in [3.05, 3.63) is 46.9 Å². The van der Waals surface area contributed by atoms with E-state index < -0.39 is 74.7 Å². The minimum Gasteiger partial charge on any atom is -0.493 e. The first-order valence-corrected chi connectivity index (χ1v) is 12.3. The number of imidazole rings is 1. The number of rotatable bonds is 6. The van der Waals surface area contributed by atoms with Gasteiger partial charge in [-0.2, -0.15) is 26.0 Å². The van der Waals surface area contributed by atoms with Gasteiger partial charge >= 0.3 is 6.18 Å². The van der Waals surface area contributed by atoms with E-state index in [4.69, 9.17) is 20.3 Å². The fourth-order valence-corrected chi connectivity index (χ4v) is 4.96. The summed E-state index contributed by atoms with van der Waals surface area (Å²) in [7, 11) is -3.40. The van der Waals surface area contributed by atoms with Gasteiger partial charge in [0.2, 0.25) is 5.82 Å². The fourth-order valence-electron chi connectivity index (χ4n) is 4.55. The highest BCUT2D eigenvalue weighted by molar-refractivity contribution is 7.90. The number of hydrogen-bond donors (Lipinski definition) is 4. The summed E-state index contributed by atoms with van der Waals surface area (Å²) in [6.45, 7) is 2.03. The molecule has 4 atom stereocenters. The van der Waals surface area contributed by atoms with Crippen LogP contribution in [0.1, 0.15) is 47.7 Å². The number of benzene rings is 1. The van der Waals surface area contributed by atoms with Gasteiger partial charge in [-0.15, -0.1) is 0 Å². The zero-order valence-corrected chi connectivity index (χ0v) is 20.7. The van der Waals surface area contributed by atoms with Gasteiger partial charge in [-0.3, -0.25) is 9.52 Å². The quantitative estimate of drug-likeness (QED) is 0.333. The molecule has 0 saturated carbocycles. The lowest BCUT2D eigenvalue weighted by Crippen LogP contribution is -2.46. The van der Waals surface area contributed by atoms with Crippen LogP contribution in [-0.2, 0) is 14.9 Å². The number of nitrogens with two attached hydrogens (primary N) is 2. The average molecular weight is 564 g/mol. The number of fused-ring (bicyclic) bond motifs is 1. The van der Waals surface area contributed by atoms with Gasteiger partial charge in [-0.1, -0.05) is 13.0 Å². The summed E-state index contributed by atoms with van der Waals surface area (Å²) in [6.07, 6.45) is -6.47. The number of hydrogen-bond acceptors (Lipinski definition) is 7. The smallest absolute Gasteiger partial charge is 0.417 e. The number of anilines is 1. The Balaban J connectivity index is 1.97. The lowest BCUT2D eigenvalue weighted by molar-refractivity contribution is -0.275. The van der Waals surface area contributed by atoms with E-state index >= 15 is 0 Å². The maximum Gasteiger partial charge on any atom is 0.417 e. The Morgan fingerprint density at radius 1 is 1.26 bits per heavy atom. The number of halogens is 5. The third-order valence-corrected chi connectivity index (χ3v) is 7.04. The molecule has 1 aliphatic heterocycles. The van der Waals surface area contributed by atoms with Gasteiger partial charge in [-0.25, -0.2) is 19.5 Å². The SMILES string of the molecule is COc1c([C@H]2C(c3nc4c(NS(N)(=O)=O)nc(C(N)=O)cc4[nH]3)O[C@@](C)(C(F)(F)F)[C@H]2C)ccc(F)c1F. The third kappa shape index (κ3) is 4.49. The normalized spacial score (nSPS) is 24.1. The predicted octanol–water partition coefficient (Wildman–Crippen LogP) is 2.77. The second-order valence-corrected chi connectivity index (χ2v) is 10.1. The summed E-state index contributed by atoms with van der Waals surface area (Å²) in [5.74, 6) is -7.85. The van der Waals surface area contributed by atoms with E-state index in [-0.39, 0.29) is 22.4 Å². The topological polar surface area (TPSA) is 175 Å². The van der Waals surface area contributed by atoms with Gasteiger partial charge in [0, 0.05) is 17.4 Å². The van der Waals surface area contributed by atoms with Crippen molar-refractivity contribution in [3.8, 4) is 5.75 Å². The number of ether oxygens (including phenoxy) is 2. The molecular formula is C21H21F5N6O5S. The van der Waals surface area contributed by atoms with Crippen molar-refractivity contribution in [2.45, 2.75) is 37.6 Å². The molecule has 1 unspecified atom stereocenters. The number of methoxy groups -OCH3 is 1. The van der Waals surface area contributed by atoms with Crippen LogP contribution in [0.2, 0.25) is 0 Å². The third-order valence-electron chi connectivity index (χ3n) is 6.56. The monoisotopic (exact) mass is 564 g/mol. The van der Waals surface area contributed by atoms with E-state index in [9.17, 15) is 35.2 Å². The second kappa shape index (κ2) is 9.02. The summed E-state index contributed by atoms with van der Waals surface area (Å²) in [4.78, 5) is 22.4. The van der Waals surface area contributed by atoms with Crippen molar-refractivity contribution < 1.29 is 44.6 Å². The van der Waals surface area contributed by atoms with Gasteiger partial charge in [0.25, 0.3) is 16.1 Å². The van der Waals surface area contributed by atoms with E-state index in [2.05, 4.69) is 15.0 Å². The zero-order valence-electron chi connectivity index (χ0n) is 19.9. The molecule has 0 radical (unpaired) electrons. The average Bonchev–Trinajstić information content (AvgIpc) is 3.34.